The van der Waals surface area contributed by atoms with E-state index in [-0.39, 0.29) is 5.41 Å². The number of anilines is 1. The molecule has 2 aromatic heterocycles. The molecule has 6 heteroatoms. The molecule has 5 nitrogen and oxygen atoms in total. The second-order valence-corrected chi connectivity index (χ2v) is 6.60. The van der Waals surface area contributed by atoms with Crippen LogP contribution in [0.4, 0.5) is 5.82 Å². The number of rotatable bonds is 6. The number of aromatic nitrogens is 3. The van der Waals surface area contributed by atoms with E-state index in [4.69, 9.17) is 4.74 Å². The lowest BCUT2D eigenvalue weighted by Crippen LogP contribution is -2.11. The van der Waals surface area contributed by atoms with Crippen LogP contribution in [0.2, 0.25) is 0 Å². The quantitative estimate of drug-likeness (QED) is 0.887. The summed E-state index contributed by atoms with van der Waals surface area (Å²) in [5.74, 6) is 1.28. The average Bonchev–Trinajstić information content (AvgIpc) is 2.88. The van der Waals surface area contributed by atoms with Crippen LogP contribution < -0.4 is 10.1 Å². The first-order valence-corrected chi connectivity index (χ1v) is 8.00. The second kappa shape index (κ2) is 6.85. The van der Waals surface area contributed by atoms with E-state index >= 15 is 0 Å². The van der Waals surface area contributed by atoms with Gasteiger partial charge >= 0.3 is 0 Å². The Morgan fingerprint density at radius 3 is 2.71 bits per heavy atom. The monoisotopic (exact) mass is 306 g/mol. The summed E-state index contributed by atoms with van der Waals surface area (Å²) in [6.45, 7) is 9.84. The predicted octanol–water partition coefficient (Wildman–Crippen LogP) is 3.28. The van der Waals surface area contributed by atoms with Crippen molar-refractivity contribution in [3.8, 4) is 5.88 Å². The molecule has 0 fully saturated rings. The van der Waals surface area contributed by atoms with Gasteiger partial charge in [0.2, 0.25) is 5.88 Å². The van der Waals surface area contributed by atoms with Crippen LogP contribution in [0.15, 0.2) is 17.8 Å². The number of nitrogens with one attached hydrogen (secondary N) is 1. The van der Waals surface area contributed by atoms with Gasteiger partial charge in [-0.15, -0.1) is 11.3 Å². The fraction of sp³-hybridized carbons (Fsp3) is 0.533. The molecule has 21 heavy (non-hydrogen) atoms. The molecule has 0 aliphatic heterocycles. The molecule has 0 aliphatic rings. The first kappa shape index (κ1) is 15.7. The smallest absolute Gasteiger partial charge is 0.234 e. The first-order chi connectivity index (χ1) is 9.99. The maximum atomic E-state index is 5.33. The Hall–Kier alpha value is -1.69. The van der Waals surface area contributed by atoms with Crippen LogP contribution in [0.3, 0.4) is 0 Å². The lowest BCUT2D eigenvalue weighted by atomic mass is 9.98. The van der Waals surface area contributed by atoms with Crippen molar-refractivity contribution in [3.63, 3.8) is 0 Å². The molecule has 0 aliphatic carbocycles. The number of thiazole rings is 1. The molecule has 0 unspecified atom stereocenters. The Bertz CT molecular complexity index is 577. The maximum Gasteiger partial charge on any atom is 0.234 e. The van der Waals surface area contributed by atoms with Crippen LogP contribution in [0.25, 0.3) is 0 Å². The molecule has 114 valence electrons. The van der Waals surface area contributed by atoms with Crippen molar-refractivity contribution in [1.29, 1.82) is 0 Å². The summed E-state index contributed by atoms with van der Waals surface area (Å²) >= 11 is 1.72. The van der Waals surface area contributed by atoms with E-state index in [9.17, 15) is 0 Å². The SMILES string of the molecule is CCOc1cncc(NCCc2csc(C(C)(C)C)n2)n1. The Labute approximate surface area is 129 Å². The van der Waals surface area contributed by atoms with E-state index in [1.807, 2.05) is 6.92 Å². The third-order valence-corrected chi connectivity index (χ3v) is 4.10. The molecular weight excluding hydrogens is 284 g/mol. The van der Waals surface area contributed by atoms with E-state index in [1.165, 1.54) is 5.01 Å². The molecule has 0 radical (unpaired) electrons. The van der Waals surface area contributed by atoms with Crippen LogP contribution in [0.5, 0.6) is 5.88 Å². The average molecular weight is 306 g/mol. The minimum atomic E-state index is 0.119. The summed E-state index contributed by atoms with van der Waals surface area (Å²) in [5, 5.41) is 6.56. The number of ether oxygens (including phenoxy) is 1. The number of nitrogens with zero attached hydrogens (tertiary/aromatic N) is 3. The van der Waals surface area contributed by atoms with Crippen LogP contribution in [0.1, 0.15) is 38.4 Å². The van der Waals surface area contributed by atoms with Crippen LogP contribution >= 0.6 is 11.3 Å². The third-order valence-electron chi connectivity index (χ3n) is 2.79. The van der Waals surface area contributed by atoms with Crippen molar-refractivity contribution in [2.24, 2.45) is 0 Å². The highest BCUT2D eigenvalue weighted by molar-refractivity contribution is 7.09. The Morgan fingerprint density at radius 1 is 1.24 bits per heavy atom. The third kappa shape index (κ3) is 4.67. The first-order valence-electron chi connectivity index (χ1n) is 7.12. The number of hydrogen-bond donors (Lipinski definition) is 1. The standard InChI is InChI=1S/C15H22N4OS/c1-5-20-13-9-16-8-12(19-13)17-7-6-11-10-21-14(18-11)15(2,3)4/h8-10H,5-7H2,1-4H3,(H,17,19). The Kier molecular flexibility index (Phi) is 5.12. The molecule has 0 bridgehead atoms. The summed E-state index contributed by atoms with van der Waals surface area (Å²) < 4.78 is 5.33. The van der Waals surface area contributed by atoms with E-state index in [0.717, 1.165) is 24.5 Å². The van der Waals surface area contributed by atoms with Crippen LogP contribution in [0, 0.1) is 0 Å². The van der Waals surface area contributed by atoms with E-state index < -0.39 is 0 Å². The van der Waals surface area contributed by atoms with Crippen molar-refractivity contribution in [1.82, 2.24) is 15.0 Å². The molecule has 0 spiro atoms. The highest BCUT2D eigenvalue weighted by Crippen LogP contribution is 2.25. The van der Waals surface area contributed by atoms with Crippen molar-refractivity contribution < 1.29 is 4.74 Å². The topological polar surface area (TPSA) is 59.9 Å². The van der Waals surface area contributed by atoms with Crippen LogP contribution in [-0.2, 0) is 11.8 Å². The molecule has 0 atom stereocenters. The van der Waals surface area contributed by atoms with Gasteiger partial charge in [-0.3, -0.25) is 4.98 Å². The van der Waals surface area contributed by atoms with Crippen molar-refractivity contribution in [2.75, 3.05) is 18.5 Å². The molecule has 0 saturated heterocycles. The molecule has 2 rings (SSSR count). The zero-order valence-corrected chi connectivity index (χ0v) is 13.8. The van der Waals surface area contributed by atoms with Gasteiger partial charge in [-0.1, -0.05) is 20.8 Å². The summed E-state index contributed by atoms with van der Waals surface area (Å²) in [5.41, 5.74) is 1.24. The summed E-state index contributed by atoms with van der Waals surface area (Å²) in [6.07, 6.45) is 4.18. The van der Waals surface area contributed by atoms with Gasteiger partial charge in [-0.25, -0.2) is 4.98 Å². The van der Waals surface area contributed by atoms with Gasteiger partial charge in [0.15, 0.2) is 0 Å². The van der Waals surface area contributed by atoms with E-state index in [0.29, 0.717) is 12.5 Å². The largest absolute Gasteiger partial charge is 0.477 e. The van der Waals surface area contributed by atoms with Gasteiger partial charge in [0.25, 0.3) is 0 Å². The Balaban J connectivity index is 1.87. The van der Waals surface area contributed by atoms with Crippen molar-refractivity contribution in [3.05, 3.63) is 28.5 Å². The molecule has 0 aromatic carbocycles. The Morgan fingerprint density at radius 2 is 2.05 bits per heavy atom. The van der Waals surface area contributed by atoms with Gasteiger partial charge in [0, 0.05) is 23.8 Å². The summed E-state index contributed by atoms with van der Waals surface area (Å²) in [4.78, 5) is 13.1. The van der Waals surface area contributed by atoms with Gasteiger partial charge in [-0.05, 0) is 6.92 Å². The summed E-state index contributed by atoms with van der Waals surface area (Å²) in [6, 6.07) is 0. The molecule has 2 heterocycles. The van der Waals surface area contributed by atoms with Gasteiger partial charge in [0.1, 0.15) is 5.82 Å². The normalized spacial score (nSPS) is 11.4. The van der Waals surface area contributed by atoms with Crippen molar-refractivity contribution >= 4 is 17.2 Å². The maximum absolute atomic E-state index is 5.33. The highest BCUT2D eigenvalue weighted by atomic mass is 32.1. The minimum absolute atomic E-state index is 0.119. The van der Waals surface area contributed by atoms with E-state index in [2.05, 4.69) is 46.4 Å². The minimum Gasteiger partial charge on any atom is -0.477 e. The number of hydrogen-bond acceptors (Lipinski definition) is 6. The highest BCUT2D eigenvalue weighted by Gasteiger charge is 2.17. The molecular formula is C15H22N4OS. The van der Waals surface area contributed by atoms with Gasteiger partial charge < -0.3 is 10.1 Å². The lowest BCUT2D eigenvalue weighted by Gasteiger charge is -2.13. The van der Waals surface area contributed by atoms with Gasteiger partial charge in [0.05, 0.1) is 29.7 Å². The van der Waals surface area contributed by atoms with Gasteiger partial charge in [-0.2, -0.15) is 4.98 Å². The molecule has 0 saturated carbocycles. The molecule has 2 aromatic rings. The zero-order chi connectivity index (χ0) is 15.3. The van der Waals surface area contributed by atoms with E-state index in [1.54, 1.807) is 23.7 Å². The summed E-state index contributed by atoms with van der Waals surface area (Å²) in [7, 11) is 0. The zero-order valence-electron chi connectivity index (χ0n) is 13.0. The fourth-order valence-electron chi connectivity index (χ4n) is 1.74. The van der Waals surface area contributed by atoms with Crippen molar-refractivity contribution in [2.45, 2.75) is 39.5 Å². The van der Waals surface area contributed by atoms with Crippen LogP contribution in [-0.4, -0.2) is 28.1 Å². The predicted molar refractivity (Wildman–Crippen MR) is 86.2 cm³/mol. The molecule has 1 N–H and O–H groups in total. The lowest BCUT2D eigenvalue weighted by molar-refractivity contribution is 0.325. The fourth-order valence-corrected chi connectivity index (χ4v) is 2.68. The second-order valence-electron chi connectivity index (χ2n) is 5.75. The molecule has 0 amide bonds.